The van der Waals surface area contributed by atoms with Crippen LogP contribution in [-0.4, -0.2) is 0 Å². The molecule has 0 aliphatic rings. The van der Waals surface area contributed by atoms with Gasteiger partial charge in [0.25, 0.3) is 0 Å². The summed E-state index contributed by atoms with van der Waals surface area (Å²) in [6.45, 7) is 11.7. The van der Waals surface area contributed by atoms with Gasteiger partial charge in [0.15, 0.2) is 0 Å². The molecule has 0 saturated carbocycles. The Morgan fingerprint density at radius 1 is 1.00 bits per heavy atom. The van der Waals surface area contributed by atoms with Gasteiger partial charge in [-0.1, -0.05) is 39.3 Å². The second-order valence-corrected chi connectivity index (χ2v) is 2.74. The zero-order valence-corrected chi connectivity index (χ0v) is 10.7. The Kier molecular flexibility index (Phi) is 10.2. The van der Waals surface area contributed by atoms with Gasteiger partial charge in [0.05, 0.1) is 0 Å². The number of hydrogen-bond acceptors (Lipinski definition) is 0. The van der Waals surface area contributed by atoms with Gasteiger partial charge in [0.2, 0.25) is 0 Å². The van der Waals surface area contributed by atoms with Crippen molar-refractivity contribution >= 4 is 11.6 Å². The van der Waals surface area contributed by atoms with Gasteiger partial charge in [-0.15, -0.1) is 0 Å². The van der Waals surface area contributed by atoms with Crippen LogP contribution in [0.3, 0.4) is 0 Å². The topological polar surface area (TPSA) is 0 Å². The maximum Gasteiger partial charge on any atom is 0.124 e. The lowest BCUT2D eigenvalue weighted by Gasteiger charge is -2.00. The average molecular weight is 219 g/mol. The summed E-state index contributed by atoms with van der Waals surface area (Å²) < 4.78 is 12.5. The SMILES string of the molecule is CC.CC.Cc1cc(F)cc(Cl)c1C. The molecule has 0 aromatic heterocycles. The predicted molar refractivity (Wildman–Crippen MR) is 63.6 cm³/mol. The van der Waals surface area contributed by atoms with Crippen molar-refractivity contribution in [1.29, 1.82) is 0 Å². The van der Waals surface area contributed by atoms with Gasteiger partial charge in [-0.3, -0.25) is 0 Å². The number of rotatable bonds is 0. The van der Waals surface area contributed by atoms with E-state index in [9.17, 15) is 4.39 Å². The van der Waals surface area contributed by atoms with Crippen LogP contribution in [0.5, 0.6) is 0 Å². The Balaban J connectivity index is 0. The first-order valence-electron chi connectivity index (χ1n) is 5.03. The molecule has 0 nitrogen and oxygen atoms in total. The molecular weight excluding hydrogens is 199 g/mol. The second-order valence-electron chi connectivity index (χ2n) is 2.33. The van der Waals surface area contributed by atoms with E-state index in [0.29, 0.717) is 5.02 Å². The molecule has 0 radical (unpaired) electrons. The smallest absolute Gasteiger partial charge is 0.124 e. The Bertz CT molecular complexity index is 233. The second kappa shape index (κ2) is 9.01. The van der Waals surface area contributed by atoms with E-state index < -0.39 is 0 Å². The summed E-state index contributed by atoms with van der Waals surface area (Å²) in [6.07, 6.45) is 0. The van der Waals surface area contributed by atoms with Gasteiger partial charge in [-0.2, -0.15) is 0 Å². The van der Waals surface area contributed by atoms with E-state index in [1.54, 1.807) is 0 Å². The quantitative estimate of drug-likeness (QED) is 0.565. The van der Waals surface area contributed by atoms with E-state index in [2.05, 4.69) is 0 Å². The minimum atomic E-state index is -0.270. The summed E-state index contributed by atoms with van der Waals surface area (Å²) >= 11 is 5.68. The molecular formula is C12H20ClF. The van der Waals surface area contributed by atoms with E-state index >= 15 is 0 Å². The third kappa shape index (κ3) is 5.23. The molecule has 2 heteroatoms. The van der Waals surface area contributed by atoms with Crippen LogP contribution >= 0.6 is 11.6 Å². The monoisotopic (exact) mass is 218 g/mol. The highest BCUT2D eigenvalue weighted by atomic mass is 35.5. The van der Waals surface area contributed by atoms with Crippen molar-refractivity contribution in [2.24, 2.45) is 0 Å². The summed E-state index contributed by atoms with van der Waals surface area (Å²) in [5.74, 6) is -0.270. The van der Waals surface area contributed by atoms with Gasteiger partial charge in [-0.05, 0) is 37.1 Å². The van der Waals surface area contributed by atoms with E-state index in [0.717, 1.165) is 11.1 Å². The van der Waals surface area contributed by atoms with Crippen molar-refractivity contribution in [3.63, 3.8) is 0 Å². The van der Waals surface area contributed by atoms with Crippen LogP contribution in [0, 0.1) is 19.7 Å². The highest BCUT2D eigenvalue weighted by molar-refractivity contribution is 6.31. The standard InChI is InChI=1S/C8H8ClF.2C2H6/c1-5-3-7(10)4-8(9)6(5)2;2*1-2/h3-4H,1-2H3;2*1-2H3. The largest absolute Gasteiger partial charge is 0.207 e. The van der Waals surface area contributed by atoms with Crippen LogP contribution in [0.1, 0.15) is 38.8 Å². The Hall–Kier alpha value is -0.560. The normalized spacial score (nSPS) is 8.00. The Morgan fingerprint density at radius 3 is 1.79 bits per heavy atom. The first-order chi connectivity index (χ1) is 6.61. The summed E-state index contributed by atoms with van der Waals surface area (Å²) in [7, 11) is 0. The summed E-state index contributed by atoms with van der Waals surface area (Å²) in [5, 5.41) is 0.498. The predicted octanol–water partition coefficient (Wildman–Crippen LogP) is 5.15. The summed E-state index contributed by atoms with van der Waals surface area (Å²) in [6, 6.07) is 2.80. The highest BCUT2D eigenvalue weighted by Crippen LogP contribution is 2.19. The average Bonchev–Trinajstić information content (AvgIpc) is 2.20. The number of aryl methyl sites for hydroxylation is 1. The molecule has 1 aromatic carbocycles. The maximum absolute atomic E-state index is 12.5. The molecule has 0 atom stereocenters. The first-order valence-corrected chi connectivity index (χ1v) is 5.41. The van der Waals surface area contributed by atoms with Gasteiger partial charge in [0, 0.05) is 5.02 Å². The molecule has 82 valence electrons. The number of benzene rings is 1. The van der Waals surface area contributed by atoms with Crippen molar-refractivity contribution in [3.05, 3.63) is 34.1 Å². The summed E-state index contributed by atoms with van der Waals surface area (Å²) in [5.41, 5.74) is 1.84. The van der Waals surface area contributed by atoms with Gasteiger partial charge in [0.1, 0.15) is 5.82 Å². The van der Waals surface area contributed by atoms with E-state index in [1.807, 2.05) is 41.5 Å². The van der Waals surface area contributed by atoms with Crippen LogP contribution < -0.4 is 0 Å². The minimum absolute atomic E-state index is 0.270. The molecule has 1 rings (SSSR count). The molecule has 0 unspecified atom stereocenters. The molecule has 0 aliphatic heterocycles. The lowest BCUT2D eigenvalue weighted by atomic mass is 10.1. The van der Waals surface area contributed by atoms with Crippen molar-refractivity contribution in [1.82, 2.24) is 0 Å². The number of halogens is 2. The fourth-order valence-corrected chi connectivity index (χ4v) is 1.03. The van der Waals surface area contributed by atoms with Crippen LogP contribution in [0.25, 0.3) is 0 Å². The number of hydrogen-bond donors (Lipinski definition) is 0. The van der Waals surface area contributed by atoms with E-state index in [1.165, 1.54) is 12.1 Å². The van der Waals surface area contributed by atoms with Crippen molar-refractivity contribution in [2.45, 2.75) is 41.5 Å². The maximum atomic E-state index is 12.5. The molecule has 0 bridgehead atoms. The molecule has 0 heterocycles. The molecule has 0 fully saturated rings. The highest BCUT2D eigenvalue weighted by Gasteiger charge is 2.00. The van der Waals surface area contributed by atoms with Crippen LogP contribution in [0.15, 0.2) is 12.1 Å². The molecule has 14 heavy (non-hydrogen) atoms. The fourth-order valence-electron chi connectivity index (χ4n) is 0.774. The van der Waals surface area contributed by atoms with Crippen LogP contribution in [0.4, 0.5) is 4.39 Å². The van der Waals surface area contributed by atoms with Crippen molar-refractivity contribution < 1.29 is 4.39 Å². The molecule has 0 saturated heterocycles. The third-order valence-electron chi connectivity index (χ3n) is 1.57. The zero-order chi connectivity index (χ0) is 11.7. The lowest BCUT2D eigenvalue weighted by molar-refractivity contribution is 0.626. The van der Waals surface area contributed by atoms with Crippen molar-refractivity contribution in [3.8, 4) is 0 Å². The van der Waals surface area contributed by atoms with Crippen molar-refractivity contribution in [2.75, 3.05) is 0 Å². The molecule has 0 spiro atoms. The molecule has 0 amide bonds. The van der Waals surface area contributed by atoms with E-state index in [4.69, 9.17) is 11.6 Å². The van der Waals surface area contributed by atoms with E-state index in [-0.39, 0.29) is 5.82 Å². The molecule has 0 aliphatic carbocycles. The summed E-state index contributed by atoms with van der Waals surface area (Å²) in [4.78, 5) is 0. The Morgan fingerprint density at radius 2 is 1.43 bits per heavy atom. The van der Waals surface area contributed by atoms with Crippen LogP contribution in [-0.2, 0) is 0 Å². The lowest BCUT2D eigenvalue weighted by Crippen LogP contribution is -1.84. The first kappa shape index (κ1) is 15.9. The minimum Gasteiger partial charge on any atom is -0.207 e. The van der Waals surface area contributed by atoms with Crippen LogP contribution in [0.2, 0.25) is 5.02 Å². The van der Waals surface area contributed by atoms with Gasteiger partial charge in [-0.25, -0.2) is 4.39 Å². The molecule has 1 aromatic rings. The third-order valence-corrected chi connectivity index (χ3v) is 1.96. The zero-order valence-electron chi connectivity index (χ0n) is 9.91. The Labute approximate surface area is 92.1 Å². The molecule has 0 N–H and O–H groups in total. The fraction of sp³-hybridized carbons (Fsp3) is 0.500. The van der Waals surface area contributed by atoms with Gasteiger partial charge >= 0.3 is 0 Å². The van der Waals surface area contributed by atoms with Gasteiger partial charge < -0.3 is 0 Å².